The summed E-state index contributed by atoms with van der Waals surface area (Å²) in [6.45, 7) is 4.85. The molecule has 3 heteroatoms. The third-order valence-electron chi connectivity index (χ3n) is 9.21. The molecule has 0 bridgehead atoms. The number of rotatable bonds is 1. The van der Waals surface area contributed by atoms with E-state index in [1.165, 1.54) is 24.8 Å². The van der Waals surface area contributed by atoms with Crippen LogP contribution in [0.3, 0.4) is 0 Å². The molecule has 3 saturated carbocycles. The Balaban J connectivity index is 1.53. The summed E-state index contributed by atoms with van der Waals surface area (Å²) < 4.78 is 5.39. The standard InChI is InChI=1S/C23H32O2S/c1-21-9-5-17(26)13-16(21)3-4-20-19(21)6-10-22(2)18(7-11-23(20,22)24)15-8-12-25-14-15/h3,8,12,14,17-20,24,26H,4-7,9-11,13H2,1-2H3/t17-,18+,19-,20+,21-,22+,23-/m0/s1. The van der Waals surface area contributed by atoms with Gasteiger partial charge in [-0.3, -0.25) is 0 Å². The fourth-order valence-corrected chi connectivity index (χ4v) is 7.94. The number of fused-ring (bicyclic) bond motifs is 5. The van der Waals surface area contributed by atoms with Crippen molar-refractivity contribution in [2.75, 3.05) is 0 Å². The zero-order valence-electron chi connectivity index (χ0n) is 16.1. The minimum Gasteiger partial charge on any atom is -0.472 e. The van der Waals surface area contributed by atoms with E-state index in [2.05, 4.69) is 26.0 Å². The fourth-order valence-electron chi connectivity index (χ4n) is 7.61. The molecular formula is C23H32O2S. The molecule has 1 aromatic rings. The summed E-state index contributed by atoms with van der Waals surface area (Å²) in [5, 5.41) is 12.6. The third kappa shape index (κ3) is 2.11. The molecule has 5 rings (SSSR count). The lowest BCUT2D eigenvalue weighted by Crippen LogP contribution is -2.60. The van der Waals surface area contributed by atoms with Crippen LogP contribution in [0.2, 0.25) is 0 Å². The van der Waals surface area contributed by atoms with Crippen molar-refractivity contribution in [3.8, 4) is 0 Å². The Bertz CT molecular complexity index is 725. The normalized spacial score (nSPS) is 50.5. The lowest BCUT2D eigenvalue weighted by molar-refractivity contribution is -0.171. The Kier molecular flexibility index (Phi) is 3.80. The quantitative estimate of drug-likeness (QED) is 0.487. The van der Waals surface area contributed by atoms with Gasteiger partial charge in [-0.2, -0.15) is 12.6 Å². The molecule has 0 radical (unpaired) electrons. The predicted molar refractivity (Wildman–Crippen MR) is 107 cm³/mol. The second-order valence-electron chi connectivity index (χ2n) is 10.0. The molecular weight excluding hydrogens is 340 g/mol. The average molecular weight is 373 g/mol. The van der Waals surface area contributed by atoms with Crippen LogP contribution in [0.1, 0.15) is 76.7 Å². The Hall–Kier alpha value is -0.670. The summed E-state index contributed by atoms with van der Waals surface area (Å²) in [6.07, 6.45) is 15.3. The summed E-state index contributed by atoms with van der Waals surface area (Å²) in [6, 6.07) is 2.11. The monoisotopic (exact) mass is 372 g/mol. The van der Waals surface area contributed by atoms with Gasteiger partial charge in [0.2, 0.25) is 0 Å². The molecule has 4 aliphatic rings. The molecule has 0 aromatic carbocycles. The third-order valence-corrected chi connectivity index (χ3v) is 9.65. The van der Waals surface area contributed by atoms with Gasteiger partial charge in [-0.05, 0) is 86.2 Å². The van der Waals surface area contributed by atoms with Crippen molar-refractivity contribution in [1.82, 2.24) is 0 Å². The molecule has 2 nitrogen and oxygen atoms in total. The molecule has 26 heavy (non-hydrogen) atoms. The van der Waals surface area contributed by atoms with E-state index in [1.54, 1.807) is 11.8 Å². The number of allylic oxidation sites excluding steroid dienone is 2. The largest absolute Gasteiger partial charge is 0.472 e. The molecule has 1 heterocycles. The molecule has 0 spiro atoms. The molecule has 0 amide bonds. The van der Waals surface area contributed by atoms with Crippen molar-refractivity contribution in [2.45, 2.75) is 82.0 Å². The summed E-state index contributed by atoms with van der Waals surface area (Å²) in [7, 11) is 0. The van der Waals surface area contributed by atoms with Crippen LogP contribution in [-0.4, -0.2) is 16.0 Å². The lowest BCUT2D eigenvalue weighted by atomic mass is 9.45. The van der Waals surface area contributed by atoms with Crippen molar-refractivity contribution in [3.63, 3.8) is 0 Å². The maximum absolute atomic E-state index is 12.1. The number of aliphatic hydroxyl groups is 1. The van der Waals surface area contributed by atoms with E-state index in [0.717, 1.165) is 32.1 Å². The molecule has 3 fully saturated rings. The topological polar surface area (TPSA) is 33.4 Å². The number of hydrogen-bond donors (Lipinski definition) is 2. The Morgan fingerprint density at radius 2 is 1.96 bits per heavy atom. The van der Waals surface area contributed by atoms with Crippen LogP contribution in [0.5, 0.6) is 0 Å². The summed E-state index contributed by atoms with van der Waals surface area (Å²) in [4.78, 5) is 0. The number of furan rings is 1. The molecule has 7 atom stereocenters. The van der Waals surface area contributed by atoms with Gasteiger partial charge in [-0.15, -0.1) is 0 Å². The lowest BCUT2D eigenvalue weighted by Gasteiger charge is -2.61. The molecule has 142 valence electrons. The Labute approximate surface area is 162 Å². The zero-order valence-corrected chi connectivity index (χ0v) is 17.0. The second kappa shape index (κ2) is 5.67. The summed E-state index contributed by atoms with van der Waals surface area (Å²) >= 11 is 4.77. The first kappa shape index (κ1) is 17.4. The maximum Gasteiger partial charge on any atom is 0.0937 e. The van der Waals surface area contributed by atoms with Crippen molar-refractivity contribution in [1.29, 1.82) is 0 Å². The smallest absolute Gasteiger partial charge is 0.0937 e. The second-order valence-corrected chi connectivity index (χ2v) is 10.8. The van der Waals surface area contributed by atoms with E-state index in [0.29, 0.717) is 23.0 Å². The van der Waals surface area contributed by atoms with Crippen LogP contribution in [0.4, 0.5) is 0 Å². The van der Waals surface area contributed by atoms with Crippen LogP contribution < -0.4 is 0 Å². The molecule has 4 aliphatic carbocycles. The molecule has 1 aromatic heterocycles. The van der Waals surface area contributed by atoms with E-state index in [9.17, 15) is 5.11 Å². The highest BCUT2D eigenvalue weighted by Gasteiger charge is 2.66. The van der Waals surface area contributed by atoms with Crippen LogP contribution in [0.25, 0.3) is 0 Å². The molecule has 0 aliphatic heterocycles. The highest BCUT2D eigenvalue weighted by Crippen LogP contribution is 2.69. The van der Waals surface area contributed by atoms with Crippen molar-refractivity contribution >= 4 is 12.6 Å². The Morgan fingerprint density at radius 1 is 1.12 bits per heavy atom. The zero-order chi connectivity index (χ0) is 18.2. The molecule has 0 unspecified atom stereocenters. The number of hydrogen-bond acceptors (Lipinski definition) is 3. The van der Waals surface area contributed by atoms with Gasteiger partial charge in [-0.25, -0.2) is 0 Å². The fraction of sp³-hybridized carbons (Fsp3) is 0.739. The minimum absolute atomic E-state index is 0.0273. The van der Waals surface area contributed by atoms with E-state index >= 15 is 0 Å². The van der Waals surface area contributed by atoms with Gasteiger partial charge in [0.25, 0.3) is 0 Å². The van der Waals surface area contributed by atoms with E-state index in [-0.39, 0.29) is 10.8 Å². The SMILES string of the molecule is C[C@]12CC[C@H](S)CC1=CC[C@@H]1[C@@H]2CC[C@]2(C)[C@@H](c3ccoc3)CC[C@]12O. The molecule has 0 saturated heterocycles. The van der Waals surface area contributed by atoms with Crippen molar-refractivity contribution < 1.29 is 9.52 Å². The van der Waals surface area contributed by atoms with Gasteiger partial charge in [0.1, 0.15) is 0 Å². The van der Waals surface area contributed by atoms with Crippen LogP contribution in [0, 0.1) is 22.7 Å². The number of thiol groups is 1. The average Bonchev–Trinajstić information content (AvgIpc) is 3.21. The first-order valence-electron chi connectivity index (χ1n) is 10.5. The first-order valence-corrected chi connectivity index (χ1v) is 11.0. The van der Waals surface area contributed by atoms with Crippen LogP contribution >= 0.6 is 12.6 Å². The van der Waals surface area contributed by atoms with Gasteiger partial charge < -0.3 is 9.52 Å². The van der Waals surface area contributed by atoms with Gasteiger partial charge in [0.05, 0.1) is 18.1 Å². The van der Waals surface area contributed by atoms with Gasteiger partial charge >= 0.3 is 0 Å². The molecule has 1 N–H and O–H groups in total. The summed E-state index contributed by atoms with van der Waals surface area (Å²) in [5.74, 6) is 1.46. The van der Waals surface area contributed by atoms with Crippen molar-refractivity contribution in [2.24, 2.45) is 22.7 Å². The van der Waals surface area contributed by atoms with Gasteiger partial charge in [0, 0.05) is 10.7 Å². The van der Waals surface area contributed by atoms with Crippen LogP contribution in [-0.2, 0) is 0 Å². The highest BCUT2D eigenvalue weighted by molar-refractivity contribution is 7.80. The summed E-state index contributed by atoms with van der Waals surface area (Å²) in [5.41, 5.74) is 2.64. The van der Waals surface area contributed by atoms with E-state index in [4.69, 9.17) is 17.0 Å². The maximum atomic E-state index is 12.1. The van der Waals surface area contributed by atoms with E-state index < -0.39 is 5.60 Å². The predicted octanol–water partition coefficient (Wildman–Crippen LogP) is 5.74. The van der Waals surface area contributed by atoms with Gasteiger partial charge in [0.15, 0.2) is 0 Å². The Morgan fingerprint density at radius 3 is 2.73 bits per heavy atom. The van der Waals surface area contributed by atoms with Gasteiger partial charge in [-0.1, -0.05) is 25.5 Å². The highest BCUT2D eigenvalue weighted by atomic mass is 32.1. The van der Waals surface area contributed by atoms with Crippen LogP contribution in [0.15, 0.2) is 34.7 Å². The first-order chi connectivity index (χ1) is 12.4. The van der Waals surface area contributed by atoms with Crippen molar-refractivity contribution in [3.05, 3.63) is 35.8 Å². The van der Waals surface area contributed by atoms with E-state index in [1.807, 2.05) is 6.26 Å². The minimum atomic E-state index is -0.541.